The van der Waals surface area contributed by atoms with E-state index in [1.54, 1.807) is 26.8 Å². The quantitative estimate of drug-likeness (QED) is 0.506. The van der Waals surface area contributed by atoms with Crippen molar-refractivity contribution in [3.8, 4) is 11.1 Å². The summed E-state index contributed by atoms with van der Waals surface area (Å²) in [4.78, 5) is 17.0. The van der Waals surface area contributed by atoms with Crippen LogP contribution in [0.2, 0.25) is 0 Å². The summed E-state index contributed by atoms with van der Waals surface area (Å²) in [5.74, 6) is -1.19. The van der Waals surface area contributed by atoms with Gasteiger partial charge < -0.3 is 4.74 Å². The van der Waals surface area contributed by atoms with Gasteiger partial charge in [0.15, 0.2) is 0 Å². The van der Waals surface area contributed by atoms with E-state index in [4.69, 9.17) is 4.74 Å². The topological polar surface area (TPSA) is 42.4 Å². The Kier molecular flexibility index (Phi) is 4.61. The number of hydrogen-bond donors (Lipinski definition) is 0. The van der Waals surface area contributed by atoms with Crippen molar-refractivity contribution in [2.75, 3.05) is 0 Å². The highest BCUT2D eigenvalue weighted by Crippen LogP contribution is 2.39. The molecule has 0 fully saturated rings. The van der Waals surface area contributed by atoms with Gasteiger partial charge in [0.05, 0.1) is 5.56 Å². The molecule has 2 heterocycles. The van der Waals surface area contributed by atoms with Crippen molar-refractivity contribution in [2.24, 2.45) is 0 Å². The zero-order chi connectivity index (χ0) is 20.0. The van der Waals surface area contributed by atoms with Crippen LogP contribution >= 0.6 is 0 Å². The van der Waals surface area contributed by atoms with Crippen LogP contribution in [0.4, 0.5) is 22.4 Å². The first-order chi connectivity index (χ1) is 12.5. The first-order valence-corrected chi connectivity index (χ1v) is 8.27. The van der Waals surface area contributed by atoms with Gasteiger partial charge in [0.1, 0.15) is 5.60 Å². The third-order valence-corrected chi connectivity index (χ3v) is 4.08. The lowest BCUT2D eigenvalue weighted by Crippen LogP contribution is -2.33. The second-order valence-corrected chi connectivity index (χ2v) is 7.34. The summed E-state index contributed by atoms with van der Waals surface area (Å²) in [6, 6.07) is 5.22. The third kappa shape index (κ3) is 4.04. The second kappa shape index (κ2) is 6.51. The minimum Gasteiger partial charge on any atom is -0.444 e. The highest BCUT2D eigenvalue weighted by Gasteiger charge is 2.36. The molecule has 3 rings (SSSR count). The van der Waals surface area contributed by atoms with Gasteiger partial charge in [-0.25, -0.2) is 9.78 Å². The van der Waals surface area contributed by atoms with Gasteiger partial charge in [-0.15, -0.1) is 0 Å². The number of amides is 1. The van der Waals surface area contributed by atoms with Crippen LogP contribution in [-0.4, -0.2) is 21.6 Å². The summed E-state index contributed by atoms with van der Waals surface area (Å²) >= 11 is 0. The Morgan fingerprint density at radius 3 is 2.41 bits per heavy atom. The number of carbonyl (C=O) groups is 1. The first kappa shape index (κ1) is 19.1. The highest BCUT2D eigenvalue weighted by atomic mass is 19.4. The molecular weight excluding hydrogens is 364 g/mol. The summed E-state index contributed by atoms with van der Waals surface area (Å²) in [5, 5.41) is 0. The number of benzene rings is 1. The minimum atomic E-state index is -4.71. The number of aromatic nitrogens is 1. The number of ether oxygens (including phenoxy) is 1. The van der Waals surface area contributed by atoms with Crippen molar-refractivity contribution in [2.45, 2.75) is 45.6 Å². The predicted molar refractivity (Wildman–Crippen MR) is 90.1 cm³/mol. The molecule has 0 saturated carbocycles. The Morgan fingerprint density at radius 1 is 1.11 bits per heavy atom. The average molecular weight is 382 g/mol. The van der Waals surface area contributed by atoms with E-state index in [1.807, 2.05) is 0 Å². The zero-order valence-electron chi connectivity index (χ0n) is 15.0. The molecule has 0 saturated heterocycles. The van der Waals surface area contributed by atoms with E-state index in [9.17, 15) is 22.4 Å². The fourth-order valence-corrected chi connectivity index (χ4v) is 2.95. The molecule has 4 nitrogen and oxygen atoms in total. The van der Waals surface area contributed by atoms with Crippen molar-refractivity contribution in [3.05, 3.63) is 53.1 Å². The molecule has 0 bridgehead atoms. The Morgan fingerprint density at radius 2 is 1.78 bits per heavy atom. The maximum Gasteiger partial charge on any atom is 0.417 e. The number of nitrogens with zero attached hydrogens (tertiary/aromatic N) is 2. The van der Waals surface area contributed by atoms with E-state index in [1.165, 1.54) is 17.0 Å². The molecular formula is C19H18F4N2O2. The molecule has 1 amide bonds. The van der Waals surface area contributed by atoms with Gasteiger partial charge in [0.25, 0.3) is 0 Å². The van der Waals surface area contributed by atoms with Gasteiger partial charge in [-0.05, 0) is 49.6 Å². The molecule has 1 aromatic heterocycles. The number of pyridine rings is 1. The van der Waals surface area contributed by atoms with E-state index < -0.39 is 34.9 Å². The minimum absolute atomic E-state index is 0.0673. The molecule has 27 heavy (non-hydrogen) atoms. The van der Waals surface area contributed by atoms with Crippen LogP contribution in [0.25, 0.3) is 11.1 Å². The van der Waals surface area contributed by atoms with Crippen LogP contribution in [0.5, 0.6) is 0 Å². The summed E-state index contributed by atoms with van der Waals surface area (Å²) in [6.07, 6.45) is -4.43. The van der Waals surface area contributed by atoms with Crippen molar-refractivity contribution in [1.29, 1.82) is 0 Å². The van der Waals surface area contributed by atoms with E-state index in [0.29, 0.717) is 5.56 Å². The Bertz CT molecular complexity index is 888. The number of carbonyl (C=O) groups excluding carboxylic acids is 1. The predicted octanol–water partition coefficient (Wildman–Crippen LogP) is 5.16. The molecule has 0 aliphatic carbocycles. The highest BCUT2D eigenvalue weighted by molar-refractivity contribution is 5.72. The molecule has 1 aromatic carbocycles. The molecule has 1 aliphatic heterocycles. The lowest BCUT2D eigenvalue weighted by atomic mass is 9.97. The molecule has 0 spiro atoms. The number of alkyl halides is 3. The Labute approximate surface area is 153 Å². The number of rotatable bonds is 1. The van der Waals surface area contributed by atoms with Crippen molar-refractivity contribution >= 4 is 6.09 Å². The molecule has 8 heteroatoms. The van der Waals surface area contributed by atoms with Crippen LogP contribution < -0.4 is 0 Å². The van der Waals surface area contributed by atoms with Crippen LogP contribution in [-0.2, 0) is 24.0 Å². The number of halogens is 4. The molecule has 0 unspecified atom stereocenters. The normalized spacial score (nSPS) is 14.3. The monoisotopic (exact) mass is 382 g/mol. The summed E-state index contributed by atoms with van der Waals surface area (Å²) in [5.41, 5.74) is -0.840. The van der Waals surface area contributed by atoms with Crippen molar-refractivity contribution in [1.82, 2.24) is 9.88 Å². The SMILES string of the molecule is CC(C)(C)OC(=O)N1Cc2ccc(-c3c(C(F)(F)F)ccnc3F)cc2C1. The lowest BCUT2D eigenvalue weighted by molar-refractivity contribution is -0.137. The third-order valence-electron chi connectivity index (χ3n) is 4.08. The van der Waals surface area contributed by atoms with Crippen LogP contribution in [0.15, 0.2) is 30.5 Å². The summed E-state index contributed by atoms with van der Waals surface area (Å²) < 4.78 is 59.2. The van der Waals surface area contributed by atoms with E-state index in [2.05, 4.69) is 4.98 Å². The Balaban J connectivity index is 1.93. The maximum atomic E-state index is 14.1. The smallest absolute Gasteiger partial charge is 0.417 e. The van der Waals surface area contributed by atoms with Crippen LogP contribution in [0.1, 0.15) is 37.5 Å². The van der Waals surface area contributed by atoms with Crippen LogP contribution in [0.3, 0.4) is 0 Å². The van der Waals surface area contributed by atoms with Crippen molar-refractivity contribution in [3.63, 3.8) is 0 Å². The van der Waals surface area contributed by atoms with Crippen molar-refractivity contribution < 1.29 is 27.1 Å². The molecule has 0 N–H and O–H groups in total. The largest absolute Gasteiger partial charge is 0.444 e. The lowest BCUT2D eigenvalue weighted by Gasteiger charge is -2.24. The fourth-order valence-electron chi connectivity index (χ4n) is 2.95. The molecule has 0 atom stereocenters. The van der Waals surface area contributed by atoms with E-state index in [-0.39, 0.29) is 18.7 Å². The van der Waals surface area contributed by atoms with E-state index >= 15 is 0 Å². The molecule has 144 valence electrons. The Hall–Kier alpha value is -2.64. The van der Waals surface area contributed by atoms with Gasteiger partial charge in [0.2, 0.25) is 5.95 Å². The first-order valence-electron chi connectivity index (χ1n) is 8.27. The number of hydrogen-bond acceptors (Lipinski definition) is 3. The van der Waals surface area contributed by atoms with Gasteiger partial charge in [-0.3, -0.25) is 4.90 Å². The number of fused-ring (bicyclic) bond motifs is 1. The standard InChI is InChI=1S/C19H18F4N2O2/c1-18(2,3)27-17(26)25-9-12-5-4-11(8-13(12)10-25)15-14(19(21,22)23)6-7-24-16(15)20/h4-8H,9-10H2,1-3H3. The average Bonchev–Trinajstić information content (AvgIpc) is 2.95. The summed E-state index contributed by atoms with van der Waals surface area (Å²) in [6.45, 7) is 5.70. The van der Waals surface area contributed by atoms with Gasteiger partial charge >= 0.3 is 12.3 Å². The van der Waals surface area contributed by atoms with Gasteiger partial charge in [0, 0.05) is 24.8 Å². The van der Waals surface area contributed by atoms with E-state index in [0.717, 1.165) is 17.8 Å². The van der Waals surface area contributed by atoms with Crippen LogP contribution in [0, 0.1) is 5.95 Å². The zero-order valence-corrected chi connectivity index (χ0v) is 15.0. The maximum absolute atomic E-state index is 14.1. The summed E-state index contributed by atoms with van der Waals surface area (Å²) in [7, 11) is 0. The van der Waals surface area contributed by atoms with Gasteiger partial charge in [-0.2, -0.15) is 17.6 Å². The fraction of sp³-hybridized carbons (Fsp3) is 0.368. The molecule has 1 aliphatic rings. The molecule has 2 aromatic rings. The molecule has 0 radical (unpaired) electrons. The second-order valence-electron chi connectivity index (χ2n) is 7.34. The van der Waals surface area contributed by atoms with Gasteiger partial charge in [-0.1, -0.05) is 12.1 Å².